The van der Waals surface area contributed by atoms with Crippen molar-refractivity contribution in [1.29, 1.82) is 0 Å². The fourth-order valence-electron chi connectivity index (χ4n) is 2.83. The van der Waals surface area contributed by atoms with Crippen molar-refractivity contribution in [1.82, 2.24) is 9.88 Å². The van der Waals surface area contributed by atoms with Gasteiger partial charge >= 0.3 is 5.97 Å². The number of fused-ring (bicyclic) bond motifs is 1. The molecule has 0 bridgehead atoms. The van der Waals surface area contributed by atoms with E-state index < -0.39 is 18.4 Å². The zero-order chi connectivity index (χ0) is 18.7. The summed E-state index contributed by atoms with van der Waals surface area (Å²) >= 11 is 0. The molecule has 3 aromatic rings. The molecule has 0 unspecified atom stereocenters. The lowest BCUT2D eigenvalue weighted by Crippen LogP contribution is -2.29. The number of carbonyl (C=O) groups excluding carboxylic acids is 1. The highest BCUT2D eigenvalue weighted by Gasteiger charge is 2.19. The van der Waals surface area contributed by atoms with Crippen LogP contribution in [0.15, 0.2) is 48.7 Å². The third-order valence-electron chi connectivity index (χ3n) is 4.00. The largest absolute Gasteiger partial charge is 0.496 e. The molecular weight excluding hydrogens is 339 g/mol. The number of aromatic nitrogens is 1. The minimum atomic E-state index is -1.12. The summed E-state index contributed by atoms with van der Waals surface area (Å²) in [5.41, 5.74) is 1.94. The average Bonchev–Trinajstić information content (AvgIpc) is 3.00. The first-order valence-corrected chi connectivity index (χ1v) is 7.90. The van der Waals surface area contributed by atoms with Gasteiger partial charge in [0, 0.05) is 12.7 Å². The predicted octanol–water partition coefficient (Wildman–Crippen LogP) is 2.65. The summed E-state index contributed by atoms with van der Waals surface area (Å²) in [6, 6.07) is 11.5. The lowest BCUT2D eigenvalue weighted by Gasteiger charge is -2.07. The van der Waals surface area contributed by atoms with Gasteiger partial charge in [0.2, 0.25) is 0 Å². The second-order valence-corrected chi connectivity index (χ2v) is 5.73. The van der Waals surface area contributed by atoms with Crippen LogP contribution in [0.2, 0.25) is 0 Å². The summed E-state index contributed by atoms with van der Waals surface area (Å²) in [6.07, 6.45) is 1.65. The fourth-order valence-corrected chi connectivity index (χ4v) is 2.83. The molecule has 0 aliphatic rings. The van der Waals surface area contributed by atoms with E-state index in [-0.39, 0.29) is 5.82 Å². The van der Waals surface area contributed by atoms with Gasteiger partial charge in [0.25, 0.3) is 5.91 Å². The van der Waals surface area contributed by atoms with Gasteiger partial charge in [0.1, 0.15) is 18.1 Å². The molecule has 1 aromatic heterocycles. The maximum atomic E-state index is 13.1. The van der Waals surface area contributed by atoms with Crippen LogP contribution < -0.4 is 10.1 Å². The van der Waals surface area contributed by atoms with Crippen molar-refractivity contribution in [2.45, 2.75) is 6.54 Å². The summed E-state index contributed by atoms with van der Waals surface area (Å²) in [4.78, 5) is 23.2. The van der Waals surface area contributed by atoms with Crippen LogP contribution in [-0.2, 0) is 11.3 Å². The lowest BCUT2D eigenvalue weighted by atomic mass is 10.1. The molecule has 0 aliphatic heterocycles. The third kappa shape index (κ3) is 3.51. The maximum absolute atomic E-state index is 13.1. The summed E-state index contributed by atoms with van der Waals surface area (Å²) in [6.45, 7) is -0.0468. The number of rotatable bonds is 6. The Morgan fingerprint density at radius 2 is 1.92 bits per heavy atom. The van der Waals surface area contributed by atoms with Crippen molar-refractivity contribution >= 4 is 22.8 Å². The normalized spacial score (nSPS) is 10.7. The first kappa shape index (κ1) is 17.5. The van der Waals surface area contributed by atoms with E-state index in [1.807, 2.05) is 10.6 Å². The minimum Gasteiger partial charge on any atom is -0.496 e. The summed E-state index contributed by atoms with van der Waals surface area (Å²) in [5, 5.41) is 11.7. The van der Waals surface area contributed by atoms with Crippen LogP contribution in [0.25, 0.3) is 10.9 Å². The molecule has 0 spiro atoms. The quantitative estimate of drug-likeness (QED) is 0.712. The Bertz CT molecular complexity index is 964. The molecule has 0 fully saturated rings. The number of carboxylic acids is 1. The van der Waals surface area contributed by atoms with E-state index in [1.165, 1.54) is 19.2 Å². The molecule has 0 saturated heterocycles. The highest BCUT2D eigenvalue weighted by Crippen LogP contribution is 2.31. The number of ether oxygens (including phenoxy) is 1. The topological polar surface area (TPSA) is 80.6 Å². The summed E-state index contributed by atoms with van der Waals surface area (Å²) < 4.78 is 20.3. The van der Waals surface area contributed by atoms with Crippen LogP contribution in [0.1, 0.15) is 15.9 Å². The van der Waals surface area contributed by atoms with Gasteiger partial charge in [-0.05, 0) is 29.8 Å². The van der Waals surface area contributed by atoms with Crippen LogP contribution in [0.3, 0.4) is 0 Å². The van der Waals surface area contributed by atoms with Crippen LogP contribution in [0.5, 0.6) is 5.75 Å². The molecule has 1 amide bonds. The highest BCUT2D eigenvalue weighted by atomic mass is 19.1. The van der Waals surface area contributed by atoms with Crippen LogP contribution >= 0.6 is 0 Å². The predicted molar refractivity (Wildman–Crippen MR) is 94.0 cm³/mol. The summed E-state index contributed by atoms with van der Waals surface area (Å²) in [5.74, 6) is -1.43. The van der Waals surface area contributed by atoms with Gasteiger partial charge in [0.15, 0.2) is 0 Å². The van der Waals surface area contributed by atoms with Crippen LogP contribution in [0, 0.1) is 5.82 Å². The lowest BCUT2D eigenvalue weighted by molar-refractivity contribution is -0.135. The Balaban J connectivity index is 2.05. The van der Waals surface area contributed by atoms with E-state index in [0.717, 1.165) is 11.1 Å². The molecule has 6 nitrogen and oxygen atoms in total. The number of nitrogens with one attached hydrogen (secondary N) is 1. The molecule has 2 N–H and O–H groups in total. The van der Waals surface area contributed by atoms with Crippen LogP contribution in [-0.4, -0.2) is 35.2 Å². The van der Waals surface area contributed by atoms with Gasteiger partial charge in [-0.3, -0.25) is 9.59 Å². The number of carbonyl (C=O) groups is 2. The molecule has 1 heterocycles. The number of carboxylic acid groups (broad SMARTS) is 1. The second-order valence-electron chi connectivity index (χ2n) is 5.73. The van der Waals surface area contributed by atoms with E-state index in [0.29, 0.717) is 23.2 Å². The Morgan fingerprint density at radius 1 is 1.19 bits per heavy atom. The van der Waals surface area contributed by atoms with Gasteiger partial charge in [-0.15, -0.1) is 0 Å². The second kappa shape index (κ2) is 7.26. The molecule has 3 rings (SSSR count). The smallest absolute Gasteiger partial charge is 0.322 e. The molecule has 7 heteroatoms. The Morgan fingerprint density at radius 3 is 2.58 bits per heavy atom. The average molecular weight is 356 g/mol. The van der Waals surface area contributed by atoms with Gasteiger partial charge < -0.3 is 19.7 Å². The first-order chi connectivity index (χ1) is 12.5. The highest BCUT2D eigenvalue weighted by molar-refractivity contribution is 6.09. The molecule has 0 atom stereocenters. The zero-order valence-corrected chi connectivity index (χ0v) is 14.0. The Labute approximate surface area is 148 Å². The van der Waals surface area contributed by atoms with E-state index in [4.69, 9.17) is 9.84 Å². The minimum absolute atomic E-state index is 0.318. The molecule has 0 aliphatic carbocycles. The number of nitrogens with zero attached hydrogens (tertiary/aromatic N) is 1. The number of halogens is 1. The van der Waals surface area contributed by atoms with Crippen LogP contribution in [0.4, 0.5) is 4.39 Å². The molecule has 0 saturated carbocycles. The molecular formula is C19H17FN2O4. The molecule has 0 radical (unpaired) electrons. The van der Waals surface area contributed by atoms with Crippen molar-refractivity contribution in [2.75, 3.05) is 13.7 Å². The van der Waals surface area contributed by atoms with E-state index >= 15 is 0 Å². The van der Waals surface area contributed by atoms with E-state index in [2.05, 4.69) is 5.32 Å². The molecule has 134 valence electrons. The third-order valence-corrected chi connectivity index (χ3v) is 4.00. The Kier molecular flexibility index (Phi) is 4.88. The summed E-state index contributed by atoms with van der Waals surface area (Å²) in [7, 11) is 1.50. The number of methoxy groups -OCH3 is 1. The maximum Gasteiger partial charge on any atom is 0.322 e. The van der Waals surface area contributed by atoms with Gasteiger partial charge in [-0.1, -0.05) is 18.2 Å². The van der Waals surface area contributed by atoms with Crippen molar-refractivity contribution in [3.63, 3.8) is 0 Å². The van der Waals surface area contributed by atoms with Crippen molar-refractivity contribution in [3.8, 4) is 5.75 Å². The van der Waals surface area contributed by atoms with Crippen molar-refractivity contribution in [3.05, 3.63) is 65.6 Å². The first-order valence-electron chi connectivity index (χ1n) is 7.90. The SMILES string of the molecule is COc1cccc2c1c(C(=O)NCC(=O)O)cn2Cc1ccc(F)cc1. The number of benzene rings is 2. The monoisotopic (exact) mass is 356 g/mol. The Hall–Kier alpha value is -3.35. The molecule has 26 heavy (non-hydrogen) atoms. The standard InChI is InChI=1S/C19H17FN2O4/c1-26-16-4-2-3-15-18(16)14(19(25)21-9-17(23)24)11-22(15)10-12-5-7-13(20)8-6-12/h2-8,11H,9-10H2,1H3,(H,21,25)(H,23,24). The van der Waals surface area contributed by atoms with Gasteiger partial charge in [0.05, 0.1) is 23.6 Å². The van der Waals surface area contributed by atoms with Crippen molar-refractivity contribution < 1.29 is 23.8 Å². The number of amides is 1. The number of aliphatic carboxylic acids is 1. The number of hydrogen-bond donors (Lipinski definition) is 2. The number of hydrogen-bond acceptors (Lipinski definition) is 3. The van der Waals surface area contributed by atoms with E-state index in [9.17, 15) is 14.0 Å². The zero-order valence-electron chi connectivity index (χ0n) is 14.0. The van der Waals surface area contributed by atoms with E-state index in [1.54, 1.807) is 30.5 Å². The van der Waals surface area contributed by atoms with Crippen molar-refractivity contribution in [2.24, 2.45) is 0 Å². The fraction of sp³-hybridized carbons (Fsp3) is 0.158. The van der Waals surface area contributed by atoms with Gasteiger partial charge in [-0.2, -0.15) is 0 Å². The molecule has 2 aromatic carbocycles. The van der Waals surface area contributed by atoms with Gasteiger partial charge in [-0.25, -0.2) is 4.39 Å².